The molecule has 0 radical (unpaired) electrons. The Bertz CT molecular complexity index is 2960. The molecule has 0 atom stereocenters. The molecule has 10 rings (SSSR count). The number of hydrogen-bond donors (Lipinski definition) is 2. The number of hydrogen-bond acceptors (Lipinski definition) is 7. The monoisotopic (exact) mass is 651 g/mol. The number of nitrogens with zero attached hydrogens (tertiary/aromatic N) is 7. The van der Waals surface area contributed by atoms with Crippen molar-refractivity contribution < 1.29 is 4.39 Å². The Hall–Kier alpha value is -6.81. The number of benzene rings is 4. The molecule has 2 N–H and O–H groups in total. The molecule has 50 heavy (non-hydrogen) atoms. The minimum Gasteiger partial charge on any atom is -0.378 e. The molecule has 6 aromatic heterocycles. The number of aromatic nitrogens is 8. The van der Waals surface area contributed by atoms with Crippen LogP contribution in [0.25, 0.3) is 99.6 Å². The van der Waals surface area contributed by atoms with Gasteiger partial charge in [0.05, 0.1) is 44.1 Å². The van der Waals surface area contributed by atoms with E-state index in [2.05, 4.69) is 57.3 Å². The molecular formula is C40H26FN9. The molecule has 0 spiro atoms. The van der Waals surface area contributed by atoms with Gasteiger partial charge in [-0.25, -0.2) is 14.4 Å². The fourth-order valence-electron chi connectivity index (χ4n) is 6.90. The van der Waals surface area contributed by atoms with E-state index >= 15 is 0 Å². The zero-order valence-corrected chi connectivity index (χ0v) is 26.9. The van der Waals surface area contributed by atoms with Crippen molar-refractivity contribution in [2.75, 3.05) is 19.0 Å². The summed E-state index contributed by atoms with van der Waals surface area (Å²) < 4.78 is 13.7. The quantitative estimate of drug-likeness (QED) is 0.183. The van der Waals surface area contributed by atoms with Gasteiger partial charge in [0.1, 0.15) is 17.5 Å². The van der Waals surface area contributed by atoms with Crippen LogP contribution in [-0.4, -0.2) is 54.0 Å². The lowest BCUT2D eigenvalue weighted by Gasteiger charge is -2.12. The SMILES string of the molecule is CN(C)c1ccc(-c2nc3c4cc(-c5cnc6c(c5)c5[nH]c(-c7ccc(F)cc7)nc5c5cccnc56)cnc4c4ncccc4c3[nH]2)cc1. The maximum Gasteiger partial charge on any atom is 0.138 e. The van der Waals surface area contributed by atoms with Gasteiger partial charge in [0, 0.05) is 88.4 Å². The van der Waals surface area contributed by atoms with Crippen molar-refractivity contribution >= 4 is 71.4 Å². The Morgan fingerprint density at radius 2 is 1.00 bits per heavy atom. The van der Waals surface area contributed by atoms with Crippen LogP contribution in [0.5, 0.6) is 0 Å². The van der Waals surface area contributed by atoms with Gasteiger partial charge in [0.2, 0.25) is 0 Å². The Balaban J connectivity index is 1.19. The third kappa shape index (κ3) is 4.25. The molecule has 0 fully saturated rings. The number of imidazole rings is 2. The topological polar surface area (TPSA) is 112 Å². The normalized spacial score (nSPS) is 11.9. The fraction of sp³-hybridized carbons (Fsp3) is 0.0500. The van der Waals surface area contributed by atoms with Crippen molar-refractivity contribution in [2.45, 2.75) is 0 Å². The molecule has 4 aromatic carbocycles. The number of aromatic amines is 2. The third-order valence-electron chi connectivity index (χ3n) is 9.40. The van der Waals surface area contributed by atoms with E-state index in [0.717, 1.165) is 99.4 Å². The van der Waals surface area contributed by atoms with Crippen LogP contribution in [0.1, 0.15) is 0 Å². The lowest BCUT2D eigenvalue weighted by Crippen LogP contribution is -2.07. The van der Waals surface area contributed by atoms with Crippen LogP contribution >= 0.6 is 0 Å². The van der Waals surface area contributed by atoms with Gasteiger partial charge < -0.3 is 14.9 Å². The molecule has 0 aliphatic carbocycles. The standard InChI is InChI=1S/C40H26FN9/c1-50(2)26-13-9-22(10-14-26)40-47-36-28-6-4-16-43-32(28)34-30(38(36)49-40)18-24(20-45-34)23-17-29-33(44-19-23)31-27(5-3-15-42-31)35-37(29)48-39(46-35)21-7-11-25(41)12-8-21/h3-20H,1-2H3,(H,46,48)(H,47,49). The summed E-state index contributed by atoms with van der Waals surface area (Å²) in [5.41, 5.74) is 11.1. The highest BCUT2D eigenvalue weighted by Gasteiger charge is 2.19. The third-order valence-corrected chi connectivity index (χ3v) is 9.40. The second-order valence-electron chi connectivity index (χ2n) is 12.6. The van der Waals surface area contributed by atoms with E-state index in [0.29, 0.717) is 5.82 Å². The van der Waals surface area contributed by atoms with Gasteiger partial charge in [-0.3, -0.25) is 19.9 Å². The Labute approximate surface area is 283 Å². The summed E-state index contributed by atoms with van der Waals surface area (Å²) in [5, 5.41) is 3.61. The summed E-state index contributed by atoms with van der Waals surface area (Å²) in [6.07, 6.45) is 7.29. The van der Waals surface area contributed by atoms with Crippen LogP contribution in [0.2, 0.25) is 0 Å². The predicted octanol–water partition coefficient (Wildman–Crippen LogP) is 8.84. The zero-order valence-electron chi connectivity index (χ0n) is 26.9. The second kappa shape index (κ2) is 10.6. The van der Waals surface area contributed by atoms with Crippen LogP contribution in [0, 0.1) is 5.82 Å². The molecule has 0 bridgehead atoms. The van der Waals surface area contributed by atoms with Crippen LogP contribution in [0.3, 0.4) is 0 Å². The van der Waals surface area contributed by atoms with Crippen LogP contribution in [0.4, 0.5) is 10.1 Å². The zero-order chi connectivity index (χ0) is 33.5. The van der Waals surface area contributed by atoms with E-state index in [9.17, 15) is 4.39 Å². The number of nitrogens with one attached hydrogen (secondary N) is 2. The maximum atomic E-state index is 13.7. The first-order valence-electron chi connectivity index (χ1n) is 16.2. The largest absolute Gasteiger partial charge is 0.378 e. The molecule has 10 aromatic rings. The molecule has 6 heterocycles. The van der Waals surface area contributed by atoms with Crippen molar-refractivity contribution in [1.82, 2.24) is 39.9 Å². The first-order chi connectivity index (χ1) is 24.5. The van der Waals surface area contributed by atoms with Gasteiger partial charge in [-0.2, -0.15) is 0 Å². The highest BCUT2D eigenvalue weighted by molar-refractivity contribution is 6.23. The average Bonchev–Trinajstić information content (AvgIpc) is 3.82. The Morgan fingerprint density at radius 1 is 0.500 bits per heavy atom. The van der Waals surface area contributed by atoms with E-state index < -0.39 is 0 Å². The summed E-state index contributed by atoms with van der Waals surface area (Å²) in [4.78, 5) is 38.6. The van der Waals surface area contributed by atoms with Gasteiger partial charge in [0.15, 0.2) is 0 Å². The lowest BCUT2D eigenvalue weighted by atomic mass is 10.0. The summed E-state index contributed by atoms with van der Waals surface area (Å²) in [6.45, 7) is 0. The molecule has 0 saturated carbocycles. The summed E-state index contributed by atoms with van der Waals surface area (Å²) in [6, 6.07) is 26.8. The van der Waals surface area contributed by atoms with Crippen LogP contribution in [0.15, 0.2) is 110 Å². The molecule has 0 amide bonds. The van der Waals surface area contributed by atoms with Gasteiger partial charge in [-0.1, -0.05) is 0 Å². The fourth-order valence-corrected chi connectivity index (χ4v) is 6.90. The van der Waals surface area contributed by atoms with Crippen molar-refractivity contribution in [1.29, 1.82) is 0 Å². The van der Waals surface area contributed by atoms with Crippen molar-refractivity contribution in [2.24, 2.45) is 0 Å². The van der Waals surface area contributed by atoms with E-state index in [1.54, 1.807) is 24.5 Å². The van der Waals surface area contributed by atoms with Gasteiger partial charge >= 0.3 is 0 Å². The van der Waals surface area contributed by atoms with Crippen LogP contribution < -0.4 is 4.90 Å². The average molecular weight is 652 g/mol. The molecular weight excluding hydrogens is 626 g/mol. The van der Waals surface area contributed by atoms with E-state index in [1.165, 1.54) is 12.1 Å². The molecule has 238 valence electrons. The number of pyridine rings is 4. The minimum atomic E-state index is -0.298. The van der Waals surface area contributed by atoms with E-state index in [4.69, 9.17) is 29.9 Å². The molecule has 0 aliphatic rings. The smallest absolute Gasteiger partial charge is 0.138 e. The van der Waals surface area contributed by atoms with Gasteiger partial charge in [0.25, 0.3) is 0 Å². The predicted molar refractivity (Wildman–Crippen MR) is 198 cm³/mol. The van der Waals surface area contributed by atoms with Crippen molar-refractivity contribution in [3.05, 3.63) is 116 Å². The van der Waals surface area contributed by atoms with E-state index in [1.807, 2.05) is 44.7 Å². The lowest BCUT2D eigenvalue weighted by molar-refractivity contribution is 0.628. The second-order valence-corrected chi connectivity index (χ2v) is 12.6. The minimum absolute atomic E-state index is 0.298. The maximum absolute atomic E-state index is 13.7. The van der Waals surface area contributed by atoms with Crippen molar-refractivity contribution in [3.8, 4) is 33.9 Å². The number of H-pyrrole nitrogens is 2. The Kier molecular flexibility index (Phi) is 5.98. The summed E-state index contributed by atoms with van der Waals surface area (Å²) >= 11 is 0. The number of rotatable bonds is 4. The van der Waals surface area contributed by atoms with Crippen molar-refractivity contribution in [3.63, 3.8) is 0 Å². The highest BCUT2D eigenvalue weighted by Crippen LogP contribution is 2.38. The Morgan fingerprint density at radius 3 is 1.64 bits per heavy atom. The first-order valence-corrected chi connectivity index (χ1v) is 16.2. The summed E-state index contributed by atoms with van der Waals surface area (Å²) in [7, 11) is 4.05. The number of fused-ring (bicyclic) bond motifs is 12. The molecule has 0 unspecified atom stereocenters. The van der Waals surface area contributed by atoms with Gasteiger partial charge in [-0.05, 0) is 84.9 Å². The van der Waals surface area contributed by atoms with Gasteiger partial charge in [-0.15, -0.1) is 0 Å². The van der Waals surface area contributed by atoms with Crippen LogP contribution in [-0.2, 0) is 0 Å². The molecule has 0 aliphatic heterocycles. The summed E-state index contributed by atoms with van der Waals surface area (Å²) in [5.74, 6) is 1.12. The van der Waals surface area contributed by atoms with E-state index in [-0.39, 0.29) is 5.82 Å². The highest BCUT2D eigenvalue weighted by atomic mass is 19.1. The molecule has 0 saturated heterocycles. The molecule has 10 heteroatoms. The number of halogens is 1. The molecule has 9 nitrogen and oxygen atoms in total. The number of anilines is 1. The first kappa shape index (κ1) is 28.2.